The van der Waals surface area contributed by atoms with Crippen LogP contribution in [0.3, 0.4) is 0 Å². The number of carbonyl (C=O) groups excluding carboxylic acids is 1. The van der Waals surface area contributed by atoms with Gasteiger partial charge in [0.05, 0.1) is 0 Å². The Hall–Kier alpha value is -3.19. The van der Waals surface area contributed by atoms with Crippen LogP contribution in [0.2, 0.25) is 0 Å². The van der Waals surface area contributed by atoms with Crippen molar-refractivity contribution in [2.24, 2.45) is 5.73 Å². The van der Waals surface area contributed by atoms with E-state index in [1.54, 1.807) is 17.8 Å². The summed E-state index contributed by atoms with van der Waals surface area (Å²) in [5.41, 5.74) is 8.99. The summed E-state index contributed by atoms with van der Waals surface area (Å²) in [5, 5.41) is 0.897. The van der Waals surface area contributed by atoms with Gasteiger partial charge < -0.3 is 20.4 Å². The molecule has 2 aliphatic rings. The number of hydrogen-bond acceptors (Lipinski definition) is 5. The Bertz CT molecular complexity index is 998. The minimum Gasteiger partial charge on any atom is -0.404 e. The maximum absolute atomic E-state index is 12.6. The quantitative estimate of drug-likeness (QED) is 0.435. The van der Waals surface area contributed by atoms with Crippen molar-refractivity contribution in [3.8, 4) is 0 Å². The fourth-order valence-electron chi connectivity index (χ4n) is 3.70. The lowest BCUT2D eigenvalue weighted by Crippen LogP contribution is -2.48. The molecule has 1 amide bonds. The molecule has 1 fully saturated rings. The number of nitrogens with two attached hydrogens (primary N) is 1. The van der Waals surface area contributed by atoms with E-state index >= 15 is 0 Å². The van der Waals surface area contributed by atoms with Crippen LogP contribution in [-0.2, 0) is 4.79 Å². The predicted molar refractivity (Wildman–Crippen MR) is 146 cm³/mol. The third kappa shape index (κ3) is 7.70. The highest BCUT2D eigenvalue weighted by atomic mass is 32.2. The summed E-state index contributed by atoms with van der Waals surface area (Å²) in [6, 6.07) is 8.66. The topological polar surface area (TPSA) is 55.8 Å². The molecule has 2 aliphatic heterocycles. The van der Waals surface area contributed by atoms with E-state index in [0.29, 0.717) is 6.42 Å². The molecule has 0 aromatic heterocycles. The largest absolute Gasteiger partial charge is 0.404 e. The molecule has 7 heteroatoms. The fourth-order valence-corrected chi connectivity index (χ4v) is 4.47. The molecule has 0 aliphatic carbocycles. The standard InChI is InChI=1S/C27H35N5OS/c1-23(30(3)15-4-14-28)34-22-13-27(33)32-20-18-31(19-21-32)26-9-7-24(8-10-26)5-6-25-11-16-29(2)17-12-25/h4-12,14-16,28H,1,13,17-22H2,2-3H3/p+1/b6-5+. The first-order valence-electron chi connectivity index (χ1n) is 11.6. The highest BCUT2D eigenvalue weighted by Crippen LogP contribution is 2.20. The molecule has 2 heterocycles. The van der Waals surface area contributed by atoms with Crippen molar-refractivity contribution in [2.45, 2.75) is 6.42 Å². The molecule has 0 atom stereocenters. The van der Waals surface area contributed by atoms with E-state index in [4.69, 9.17) is 5.73 Å². The number of likely N-dealkylation sites (N-methyl/N-ethyl adjacent to an activating group) is 1. The van der Waals surface area contributed by atoms with Gasteiger partial charge in [0.25, 0.3) is 0 Å². The Balaban J connectivity index is 1.41. The van der Waals surface area contributed by atoms with Crippen LogP contribution in [0.4, 0.5) is 5.69 Å². The van der Waals surface area contributed by atoms with Gasteiger partial charge in [-0.2, -0.15) is 4.58 Å². The molecule has 1 saturated heterocycles. The molecule has 2 N–H and O–H groups in total. The first-order valence-corrected chi connectivity index (χ1v) is 12.6. The number of nitrogens with zero attached hydrogens (tertiary/aromatic N) is 4. The van der Waals surface area contributed by atoms with Crippen LogP contribution in [0.25, 0.3) is 6.08 Å². The summed E-state index contributed by atoms with van der Waals surface area (Å²) in [7, 11) is 3.99. The van der Waals surface area contributed by atoms with E-state index in [2.05, 4.69) is 78.2 Å². The van der Waals surface area contributed by atoms with Crippen molar-refractivity contribution in [1.29, 1.82) is 0 Å². The van der Waals surface area contributed by atoms with Crippen LogP contribution in [0.15, 0.2) is 78.2 Å². The molecule has 0 saturated carbocycles. The predicted octanol–water partition coefficient (Wildman–Crippen LogP) is 3.51. The van der Waals surface area contributed by atoms with Crippen molar-refractivity contribution in [2.75, 3.05) is 57.5 Å². The molecule has 0 radical (unpaired) electrons. The second-order valence-electron chi connectivity index (χ2n) is 8.39. The zero-order valence-electron chi connectivity index (χ0n) is 20.3. The summed E-state index contributed by atoms with van der Waals surface area (Å²) < 4.78 is 1.90. The highest BCUT2D eigenvalue weighted by Gasteiger charge is 2.21. The molecule has 0 unspecified atom stereocenters. The molecule has 0 bridgehead atoms. The van der Waals surface area contributed by atoms with Crippen molar-refractivity contribution < 1.29 is 9.37 Å². The van der Waals surface area contributed by atoms with E-state index in [0.717, 1.165) is 43.5 Å². The first kappa shape index (κ1) is 25.4. The van der Waals surface area contributed by atoms with Crippen molar-refractivity contribution in [3.05, 3.63) is 83.7 Å². The van der Waals surface area contributed by atoms with Gasteiger partial charge in [-0.25, -0.2) is 0 Å². The van der Waals surface area contributed by atoms with E-state index in [-0.39, 0.29) is 5.91 Å². The average Bonchev–Trinajstić information content (AvgIpc) is 2.87. The average molecular weight is 479 g/mol. The van der Waals surface area contributed by atoms with Gasteiger partial charge in [0.15, 0.2) is 6.21 Å². The summed E-state index contributed by atoms with van der Waals surface area (Å²) in [5.74, 6) is 0.937. The molecule has 34 heavy (non-hydrogen) atoms. The van der Waals surface area contributed by atoms with E-state index in [1.165, 1.54) is 23.0 Å². The fraction of sp³-hybridized carbons (Fsp3) is 0.333. The van der Waals surface area contributed by atoms with Gasteiger partial charge in [-0.1, -0.05) is 42.1 Å². The summed E-state index contributed by atoms with van der Waals surface area (Å²) in [4.78, 5) is 19.1. The number of anilines is 1. The van der Waals surface area contributed by atoms with Gasteiger partial charge in [0.2, 0.25) is 10.9 Å². The first-order chi connectivity index (χ1) is 16.5. The normalized spacial score (nSPS) is 17.1. The second kappa shape index (κ2) is 12.9. The molecule has 1 aromatic carbocycles. The highest BCUT2D eigenvalue weighted by molar-refractivity contribution is 8.02. The Morgan fingerprint density at radius 1 is 1.18 bits per heavy atom. The molecule has 6 nitrogen and oxygen atoms in total. The smallest absolute Gasteiger partial charge is 0.232 e. The lowest BCUT2D eigenvalue weighted by molar-refractivity contribution is -0.423. The Morgan fingerprint density at radius 3 is 2.56 bits per heavy atom. The minimum atomic E-state index is 0.214. The number of thioether (sulfide) groups is 1. The number of carbonyl (C=O) groups is 1. The SMILES string of the molecule is C=C(SCCC(=O)N1CCN(c2ccc(/C=C/C3=CCN(C)C=C3)cc2)CC1)/[N+](C)=C\C=C/N. The third-order valence-electron chi connectivity index (χ3n) is 5.89. The summed E-state index contributed by atoms with van der Waals surface area (Å²) >= 11 is 1.59. The van der Waals surface area contributed by atoms with Crippen LogP contribution in [0, 0.1) is 0 Å². The third-order valence-corrected chi connectivity index (χ3v) is 6.92. The van der Waals surface area contributed by atoms with Gasteiger partial charge in [0.1, 0.15) is 7.05 Å². The molecule has 3 rings (SSSR count). The van der Waals surface area contributed by atoms with Crippen molar-refractivity contribution in [1.82, 2.24) is 9.80 Å². The zero-order valence-corrected chi connectivity index (χ0v) is 21.1. The number of allylic oxidation sites excluding steroid dienone is 4. The second-order valence-corrected chi connectivity index (χ2v) is 9.56. The zero-order chi connectivity index (χ0) is 24.3. The van der Waals surface area contributed by atoms with Crippen molar-refractivity contribution >= 4 is 35.6 Å². The number of piperazine rings is 1. The molecular formula is C27H36N5OS+. The van der Waals surface area contributed by atoms with Gasteiger partial charge in [-0.3, -0.25) is 4.79 Å². The maximum atomic E-state index is 12.6. The van der Waals surface area contributed by atoms with E-state index in [1.807, 2.05) is 22.7 Å². The van der Waals surface area contributed by atoms with Crippen LogP contribution in [0.5, 0.6) is 0 Å². The number of benzene rings is 1. The summed E-state index contributed by atoms with van der Waals surface area (Å²) in [6.07, 6.45) is 16.4. The van der Waals surface area contributed by atoms with Gasteiger partial charge in [-0.05, 0) is 48.3 Å². The number of hydrogen-bond donors (Lipinski definition) is 1. The molecular weight excluding hydrogens is 442 g/mol. The van der Waals surface area contributed by atoms with Gasteiger partial charge >= 0.3 is 0 Å². The van der Waals surface area contributed by atoms with E-state index < -0.39 is 0 Å². The minimum absolute atomic E-state index is 0.214. The van der Waals surface area contributed by atoms with Gasteiger partial charge in [0, 0.05) is 63.7 Å². The van der Waals surface area contributed by atoms with Crippen LogP contribution < -0.4 is 10.6 Å². The number of amides is 1. The molecule has 1 aromatic rings. The Kier molecular flexibility index (Phi) is 9.64. The monoisotopic (exact) mass is 478 g/mol. The van der Waals surface area contributed by atoms with Gasteiger partial charge in [-0.15, -0.1) is 0 Å². The lowest BCUT2D eigenvalue weighted by Gasteiger charge is -2.36. The molecule has 180 valence electrons. The Morgan fingerprint density at radius 2 is 1.91 bits per heavy atom. The Labute approximate surface area is 208 Å². The lowest BCUT2D eigenvalue weighted by atomic mass is 10.1. The van der Waals surface area contributed by atoms with Crippen molar-refractivity contribution in [3.63, 3.8) is 0 Å². The number of rotatable bonds is 9. The van der Waals surface area contributed by atoms with Crippen LogP contribution in [-0.4, -0.2) is 79.1 Å². The van der Waals surface area contributed by atoms with Crippen LogP contribution >= 0.6 is 11.8 Å². The maximum Gasteiger partial charge on any atom is 0.232 e. The summed E-state index contributed by atoms with van der Waals surface area (Å²) in [6.45, 7) is 8.22. The van der Waals surface area contributed by atoms with Crippen LogP contribution in [0.1, 0.15) is 12.0 Å². The van der Waals surface area contributed by atoms with E-state index in [9.17, 15) is 4.79 Å². The molecule has 0 spiro atoms.